The van der Waals surface area contributed by atoms with Crippen LogP contribution in [0, 0.1) is 11.8 Å². The Balaban J connectivity index is 1.98. The maximum atomic E-state index is 5.55. The van der Waals surface area contributed by atoms with Crippen molar-refractivity contribution in [1.29, 1.82) is 0 Å². The Morgan fingerprint density at radius 1 is 1.31 bits per heavy atom. The Morgan fingerprint density at radius 3 is 2.85 bits per heavy atom. The Kier molecular flexibility index (Phi) is 2.32. The largest absolute Gasteiger partial charge is 0.325 e. The van der Waals surface area contributed by atoms with E-state index in [1.165, 1.54) is 12.8 Å². The number of rotatable bonds is 0. The Bertz CT molecular complexity index is 196. The van der Waals surface area contributed by atoms with E-state index in [0.29, 0.717) is 12.5 Å². The smallest absolute Gasteiger partial charge is 0.286 e. The van der Waals surface area contributed by atoms with Crippen molar-refractivity contribution in [3.05, 3.63) is 0 Å². The SMILES string of the molecule is CC1CCC2OC(N)(N)OCC2C1. The lowest BCUT2D eigenvalue weighted by molar-refractivity contribution is -0.313. The van der Waals surface area contributed by atoms with Gasteiger partial charge in [0.15, 0.2) is 0 Å². The van der Waals surface area contributed by atoms with E-state index in [1.807, 2.05) is 0 Å². The molecule has 4 N–H and O–H groups in total. The van der Waals surface area contributed by atoms with Gasteiger partial charge in [-0.2, -0.15) is 0 Å². The van der Waals surface area contributed by atoms with Crippen LogP contribution < -0.4 is 11.5 Å². The topological polar surface area (TPSA) is 70.5 Å². The molecule has 4 nitrogen and oxygen atoms in total. The first kappa shape index (κ1) is 9.40. The van der Waals surface area contributed by atoms with E-state index >= 15 is 0 Å². The maximum absolute atomic E-state index is 5.55. The van der Waals surface area contributed by atoms with Crippen LogP contribution in [-0.2, 0) is 9.47 Å². The van der Waals surface area contributed by atoms with Gasteiger partial charge < -0.3 is 9.47 Å². The van der Waals surface area contributed by atoms with Crippen LogP contribution in [0.1, 0.15) is 26.2 Å². The fourth-order valence-electron chi connectivity index (χ4n) is 2.31. The number of fused-ring (bicyclic) bond motifs is 1. The van der Waals surface area contributed by atoms with Gasteiger partial charge in [0.05, 0.1) is 12.7 Å². The van der Waals surface area contributed by atoms with E-state index in [9.17, 15) is 0 Å². The van der Waals surface area contributed by atoms with E-state index in [1.54, 1.807) is 0 Å². The Hall–Kier alpha value is -0.160. The highest BCUT2D eigenvalue weighted by Gasteiger charge is 2.40. The second-order valence-corrected chi connectivity index (χ2v) is 4.37. The van der Waals surface area contributed by atoms with Gasteiger partial charge >= 0.3 is 0 Å². The normalized spacial score (nSPS) is 44.1. The van der Waals surface area contributed by atoms with Crippen LogP contribution in [0.3, 0.4) is 0 Å². The Labute approximate surface area is 78.6 Å². The molecule has 2 fully saturated rings. The molecule has 1 saturated carbocycles. The van der Waals surface area contributed by atoms with Gasteiger partial charge in [0, 0.05) is 5.92 Å². The zero-order chi connectivity index (χ0) is 9.47. The third-order valence-corrected chi connectivity index (χ3v) is 3.03. The second-order valence-electron chi connectivity index (χ2n) is 4.37. The summed E-state index contributed by atoms with van der Waals surface area (Å²) in [7, 11) is 0. The summed E-state index contributed by atoms with van der Waals surface area (Å²) >= 11 is 0. The van der Waals surface area contributed by atoms with Gasteiger partial charge in [0.2, 0.25) is 0 Å². The van der Waals surface area contributed by atoms with Crippen molar-refractivity contribution in [2.45, 2.75) is 38.3 Å². The summed E-state index contributed by atoms with van der Waals surface area (Å²) in [6.07, 6.45) is 3.64. The zero-order valence-electron chi connectivity index (χ0n) is 8.03. The first-order valence-corrected chi connectivity index (χ1v) is 4.96. The monoisotopic (exact) mass is 186 g/mol. The molecule has 1 heterocycles. The first-order chi connectivity index (χ1) is 6.07. The van der Waals surface area contributed by atoms with Crippen molar-refractivity contribution in [3.8, 4) is 0 Å². The standard InChI is InChI=1S/C9H18N2O2/c1-6-2-3-8-7(4-6)5-12-9(10,11)13-8/h6-8H,2-5,10-11H2,1H3. The van der Waals surface area contributed by atoms with Crippen LogP contribution in [0.2, 0.25) is 0 Å². The average molecular weight is 186 g/mol. The molecule has 76 valence electrons. The minimum atomic E-state index is -1.35. The summed E-state index contributed by atoms with van der Waals surface area (Å²) < 4.78 is 10.7. The predicted molar refractivity (Wildman–Crippen MR) is 48.4 cm³/mol. The van der Waals surface area contributed by atoms with Crippen molar-refractivity contribution in [1.82, 2.24) is 0 Å². The summed E-state index contributed by atoms with van der Waals surface area (Å²) in [6, 6.07) is -1.35. The molecule has 3 atom stereocenters. The van der Waals surface area contributed by atoms with Crippen LogP contribution in [0.5, 0.6) is 0 Å². The Morgan fingerprint density at radius 2 is 2.08 bits per heavy atom. The summed E-state index contributed by atoms with van der Waals surface area (Å²) in [5, 5.41) is 0. The van der Waals surface area contributed by atoms with E-state index < -0.39 is 6.03 Å². The highest BCUT2D eigenvalue weighted by Crippen LogP contribution is 2.35. The lowest BCUT2D eigenvalue weighted by Gasteiger charge is -2.43. The van der Waals surface area contributed by atoms with Gasteiger partial charge in [0.25, 0.3) is 6.03 Å². The number of hydrogen-bond acceptors (Lipinski definition) is 4. The molecule has 4 heteroatoms. The predicted octanol–water partition coefficient (Wildman–Crippen LogP) is 0.367. The summed E-state index contributed by atoms with van der Waals surface area (Å²) in [5.41, 5.74) is 11.1. The van der Waals surface area contributed by atoms with Crippen molar-refractivity contribution in [2.24, 2.45) is 23.3 Å². The minimum Gasteiger partial charge on any atom is -0.325 e. The molecule has 0 aromatic rings. The molecular formula is C9H18N2O2. The highest BCUT2D eigenvalue weighted by atomic mass is 16.7. The fraction of sp³-hybridized carbons (Fsp3) is 1.00. The summed E-state index contributed by atoms with van der Waals surface area (Å²) in [4.78, 5) is 0. The first-order valence-electron chi connectivity index (χ1n) is 4.96. The second kappa shape index (κ2) is 3.20. The fourth-order valence-corrected chi connectivity index (χ4v) is 2.31. The molecule has 0 bridgehead atoms. The van der Waals surface area contributed by atoms with Gasteiger partial charge in [-0.3, -0.25) is 11.5 Å². The minimum absolute atomic E-state index is 0.208. The van der Waals surface area contributed by atoms with Gasteiger partial charge in [-0.25, -0.2) is 0 Å². The van der Waals surface area contributed by atoms with E-state index in [-0.39, 0.29) is 6.10 Å². The van der Waals surface area contributed by atoms with Crippen molar-refractivity contribution < 1.29 is 9.47 Å². The average Bonchev–Trinajstić information content (AvgIpc) is 2.05. The molecule has 13 heavy (non-hydrogen) atoms. The number of ether oxygens (including phenoxy) is 2. The molecule has 2 aliphatic rings. The van der Waals surface area contributed by atoms with E-state index in [0.717, 1.165) is 12.3 Å². The molecule has 1 saturated heterocycles. The summed E-state index contributed by atoms with van der Waals surface area (Å²) in [5.74, 6) is 1.26. The highest BCUT2D eigenvalue weighted by molar-refractivity contribution is 4.82. The molecule has 0 spiro atoms. The van der Waals surface area contributed by atoms with E-state index in [4.69, 9.17) is 20.9 Å². The lowest BCUT2D eigenvalue weighted by Crippen LogP contribution is -2.62. The molecule has 0 aromatic heterocycles. The van der Waals surface area contributed by atoms with Gasteiger partial charge in [0.1, 0.15) is 0 Å². The number of nitrogens with two attached hydrogens (primary N) is 2. The van der Waals surface area contributed by atoms with Crippen LogP contribution in [-0.4, -0.2) is 18.7 Å². The quantitative estimate of drug-likeness (QED) is 0.536. The van der Waals surface area contributed by atoms with Gasteiger partial charge in [-0.1, -0.05) is 6.92 Å². The maximum Gasteiger partial charge on any atom is 0.286 e. The van der Waals surface area contributed by atoms with Gasteiger partial charge in [-0.15, -0.1) is 0 Å². The molecule has 3 unspecified atom stereocenters. The van der Waals surface area contributed by atoms with Gasteiger partial charge in [-0.05, 0) is 25.2 Å². The van der Waals surface area contributed by atoms with E-state index in [2.05, 4.69) is 6.92 Å². The molecular weight excluding hydrogens is 168 g/mol. The molecule has 2 rings (SSSR count). The van der Waals surface area contributed by atoms with Crippen LogP contribution in [0.25, 0.3) is 0 Å². The third kappa shape index (κ3) is 2.02. The molecule has 0 radical (unpaired) electrons. The molecule has 0 aromatic carbocycles. The van der Waals surface area contributed by atoms with Crippen LogP contribution in [0.4, 0.5) is 0 Å². The lowest BCUT2D eigenvalue weighted by atomic mass is 9.80. The van der Waals surface area contributed by atoms with Crippen molar-refractivity contribution in [2.75, 3.05) is 6.61 Å². The molecule has 0 amide bonds. The van der Waals surface area contributed by atoms with Crippen LogP contribution in [0.15, 0.2) is 0 Å². The molecule has 1 aliphatic heterocycles. The summed E-state index contributed by atoms with van der Waals surface area (Å²) in [6.45, 7) is 2.91. The number of hydrogen-bond donors (Lipinski definition) is 2. The molecule has 1 aliphatic carbocycles. The van der Waals surface area contributed by atoms with Crippen LogP contribution >= 0.6 is 0 Å². The van der Waals surface area contributed by atoms with Crippen molar-refractivity contribution >= 4 is 0 Å². The third-order valence-electron chi connectivity index (χ3n) is 3.03. The zero-order valence-corrected chi connectivity index (χ0v) is 8.03. The van der Waals surface area contributed by atoms with Crippen molar-refractivity contribution in [3.63, 3.8) is 0 Å².